The molecule has 0 aliphatic rings. The van der Waals surface area contributed by atoms with E-state index in [9.17, 15) is 28.2 Å². The van der Waals surface area contributed by atoms with Crippen molar-refractivity contribution in [2.45, 2.75) is 62.6 Å². The summed E-state index contributed by atoms with van der Waals surface area (Å²) in [5.41, 5.74) is -2.61. The minimum Gasteiger partial charge on any atom is -0.478 e. The van der Waals surface area contributed by atoms with Crippen molar-refractivity contribution >= 4 is 17.7 Å². The summed E-state index contributed by atoms with van der Waals surface area (Å²) in [7, 11) is 0. The SMILES string of the molecule is Cc1cc(CCC(O)c2ccc(SC(F)(F)F)cc2)cc(C)c1OC(C)(C)C(=O)O. The number of hydrogen-bond acceptors (Lipinski definition) is 4. The summed E-state index contributed by atoms with van der Waals surface area (Å²) in [6.45, 7) is 6.63. The number of thioether (sulfide) groups is 1. The maximum atomic E-state index is 12.4. The Bertz CT molecular complexity index is 869. The summed E-state index contributed by atoms with van der Waals surface area (Å²) in [5, 5.41) is 19.6. The highest BCUT2D eigenvalue weighted by atomic mass is 32.2. The van der Waals surface area contributed by atoms with E-state index in [1.165, 1.54) is 38.1 Å². The zero-order chi connectivity index (χ0) is 22.7. The molecule has 2 rings (SSSR count). The van der Waals surface area contributed by atoms with Gasteiger partial charge in [0.15, 0.2) is 5.60 Å². The minimum absolute atomic E-state index is 0.0737. The topological polar surface area (TPSA) is 66.8 Å². The van der Waals surface area contributed by atoms with Gasteiger partial charge in [-0.25, -0.2) is 4.79 Å². The molecule has 30 heavy (non-hydrogen) atoms. The van der Waals surface area contributed by atoms with Crippen molar-refractivity contribution in [1.82, 2.24) is 0 Å². The maximum absolute atomic E-state index is 12.4. The van der Waals surface area contributed by atoms with Crippen LogP contribution >= 0.6 is 11.8 Å². The number of alkyl halides is 3. The number of aliphatic hydroxyl groups excluding tert-OH is 1. The number of carbonyl (C=O) groups is 1. The molecule has 2 aromatic rings. The predicted octanol–water partition coefficient (Wildman–Crippen LogP) is 5.82. The van der Waals surface area contributed by atoms with Crippen LogP contribution in [0.4, 0.5) is 13.2 Å². The van der Waals surface area contributed by atoms with Crippen LogP contribution < -0.4 is 4.74 Å². The van der Waals surface area contributed by atoms with E-state index >= 15 is 0 Å². The predicted molar refractivity (Wildman–Crippen MR) is 110 cm³/mol. The van der Waals surface area contributed by atoms with E-state index < -0.39 is 23.2 Å². The molecular weight excluding hydrogens is 417 g/mol. The fourth-order valence-electron chi connectivity index (χ4n) is 3.01. The molecular formula is C22H25F3O4S. The van der Waals surface area contributed by atoms with Crippen molar-refractivity contribution in [2.24, 2.45) is 0 Å². The second-order valence-corrected chi connectivity index (χ2v) is 8.79. The van der Waals surface area contributed by atoms with E-state index in [0.29, 0.717) is 24.2 Å². The molecule has 2 aromatic carbocycles. The highest BCUT2D eigenvalue weighted by Gasteiger charge is 2.31. The van der Waals surface area contributed by atoms with Crippen molar-refractivity contribution in [2.75, 3.05) is 0 Å². The van der Waals surface area contributed by atoms with Gasteiger partial charge >= 0.3 is 11.5 Å². The van der Waals surface area contributed by atoms with Crippen LogP contribution in [0.1, 0.15) is 48.6 Å². The first kappa shape index (κ1) is 24.1. The Hall–Kier alpha value is -2.19. The molecule has 1 unspecified atom stereocenters. The van der Waals surface area contributed by atoms with E-state index in [-0.39, 0.29) is 16.7 Å². The average Bonchev–Trinajstić information content (AvgIpc) is 2.62. The Kier molecular flexibility index (Phi) is 7.47. The van der Waals surface area contributed by atoms with Crippen LogP contribution in [0.5, 0.6) is 5.75 Å². The molecule has 0 heterocycles. The Morgan fingerprint density at radius 3 is 2.10 bits per heavy atom. The smallest absolute Gasteiger partial charge is 0.446 e. The number of ether oxygens (including phenoxy) is 1. The Morgan fingerprint density at radius 2 is 1.63 bits per heavy atom. The minimum atomic E-state index is -4.34. The third-order valence-corrected chi connectivity index (χ3v) is 5.34. The van der Waals surface area contributed by atoms with E-state index in [1.807, 2.05) is 26.0 Å². The molecule has 0 spiro atoms. The fourth-order valence-corrected chi connectivity index (χ4v) is 3.55. The first-order valence-corrected chi connectivity index (χ1v) is 10.2. The standard InChI is InChI=1S/C22H25F3O4S/c1-13-11-15(12-14(2)19(13)29-21(3,4)20(27)28)5-10-18(26)16-6-8-17(9-7-16)30-22(23,24)25/h6-9,11-12,18,26H,5,10H2,1-4H3,(H,27,28). The maximum Gasteiger partial charge on any atom is 0.446 e. The number of aryl methyl sites for hydroxylation is 3. The van der Waals surface area contributed by atoms with Gasteiger partial charge in [-0.3, -0.25) is 0 Å². The Balaban J connectivity index is 2.04. The highest BCUT2D eigenvalue weighted by Crippen LogP contribution is 2.37. The van der Waals surface area contributed by atoms with Gasteiger partial charge in [0.05, 0.1) is 6.10 Å². The van der Waals surface area contributed by atoms with Gasteiger partial charge < -0.3 is 14.9 Å². The summed E-state index contributed by atoms with van der Waals surface area (Å²) in [6, 6.07) is 9.47. The monoisotopic (exact) mass is 442 g/mol. The largest absolute Gasteiger partial charge is 0.478 e. The number of rotatable bonds is 8. The number of carboxylic acid groups (broad SMARTS) is 1. The van der Waals surface area contributed by atoms with Crippen LogP contribution in [0, 0.1) is 13.8 Å². The quantitative estimate of drug-likeness (QED) is 0.504. The summed E-state index contributed by atoms with van der Waals surface area (Å²) in [5.74, 6) is -0.544. The van der Waals surface area contributed by atoms with Crippen LogP contribution in [-0.2, 0) is 11.2 Å². The lowest BCUT2D eigenvalue weighted by Crippen LogP contribution is -2.38. The molecule has 0 radical (unpaired) electrons. The highest BCUT2D eigenvalue weighted by molar-refractivity contribution is 8.00. The van der Waals surface area contributed by atoms with E-state index in [2.05, 4.69) is 0 Å². The first-order chi connectivity index (χ1) is 13.8. The number of halogens is 3. The Labute approximate surface area is 178 Å². The van der Waals surface area contributed by atoms with E-state index in [0.717, 1.165) is 16.7 Å². The average molecular weight is 442 g/mol. The van der Waals surface area contributed by atoms with Crippen LogP contribution in [0.25, 0.3) is 0 Å². The molecule has 0 amide bonds. The second-order valence-electron chi connectivity index (χ2n) is 7.65. The third-order valence-electron chi connectivity index (χ3n) is 4.60. The number of aliphatic carboxylic acids is 1. The van der Waals surface area contributed by atoms with E-state index in [4.69, 9.17) is 4.74 Å². The van der Waals surface area contributed by atoms with E-state index in [1.54, 1.807) is 0 Å². The van der Waals surface area contributed by atoms with Crippen LogP contribution in [0.15, 0.2) is 41.3 Å². The molecule has 8 heteroatoms. The molecule has 2 N–H and O–H groups in total. The number of benzene rings is 2. The number of aliphatic hydroxyl groups is 1. The molecule has 164 valence electrons. The summed E-state index contributed by atoms with van der Waals surface area (Å²) in [4.78, 5) is 11.4. The molecule has 0 aliphatic heterocycles. The lowest BCUT2D eigenvalue weighted by molar-refractivity contribution is -0.152. The van der Waals surface area contributed by atoms with Gasteiger partial charge in [-0.2, -0.15) is 13.2 Å². The van der Waals surface area contributed by atoms with Crippen molar-refractivity contribution < 1.29 is 32.9 Å². The van der Waals surface area contributed by atoms with Crippen LogP contribution in [0.3, 0.4) is 0 Å². The number of carboxylic acids is 1. The molecule has 0 aliphatic carbocycles. The van der Waals surface area contributed by atoms with Gasteiger partial charge in [-0.1, -0.05) is 24.3 Å². The van der Waals surface area contributed by atoms with Gasteiger partial charge in [0.1, 0.15) is 5.75 Å². The molecule has 0 fully saturated rings. The fraction of sp³-hybridized carbons (Fsp3) is 0.409. The zero-order valence-electron chi connectivity index (χ0n) is 17.2. The second kappa shape index (κ2) is 9.31. The molecule has 0 bridgehead atoms. The molecule has 0 saturated heterocycles. The summed E-state index contributed by atoms with van der Waals surface area (Å²) >= 11 is -0.189. The van der Waals surface area contributed by atoms with Crippen molar-refractivity contribution in [3.8, 4) is 5.75 Å². The summed E-state index contributed by atoms with van der Waals surface area (Å²) < 4.78 is 42.9. The molecule has 0 saturated carbocycles. The molecule has 1 atom stereocenters. The lowest BCUT2D eigenvalue weighted by atomic mass is 9.98. The third kappa shape index (κ3) is 6.67. The van der Waals surface area contributed by atoms with Gasteiger partial charge in [0.2, 0.25) is 0 Å². The van der Waals surface area contributed by atoms with Crippen molar-refractivity contribution in [3.63, 3.8) is 0 Å². The zero-order valence-corrected chi connectivity index (χ0v) is 18.0. The van der Waals surface area contributed by atoms with Crippen molar-refractivity contribution in [1.29, 1.82) is 0 Å². The summed E-state index contributed by atoms with van der Waals surface area (Å²) in [6.07, 6.45) is 0.132. The van der Waals surface area contributed by atoms with Gasteiger partial charge in [0.25, 0.3) is 0 Å². The normalized spacial score (nSPS) is 13.2. The first-order valence-electron chi connectivity index (χ1n) is 9.35. The van der Waals surface area contributed by atoms with Gasteiger partial charge in [-0.15, -0.1) is 0 Å². The van der Waals surface area contributed by atoms with Gasteiger partial charge in [-0.05, 0) is 86.7 Å². The van der Waals surface area contributed by atoms with Crippen LogP contribution in [0.2, 0.25) is 0 Å². The number of hydrogen-bond donors (Lipinski definition) is 2. The molecule has 4 nitrogen and oxygen atoms in total. The van der Waals surface area contributed by atoms with Gasteiger partial charge in [0, 0.05) is 4.90 Å². The molecule has 0 aromatic heterocycles. The Morgan fingerprint density at radius 1 is 1.10 bits per heavy atom. The lowest BCUT2D eigenvalue weighted by Gasteiger charge is -2.24. The van der Waals surface area contributed by atoms with Crippen LogP contribution in [-0.4, -0.2) is 27.3 Å². The van der Waals surface area contributed by atoms with Crippen molar-refractivity contribution in [3.05, 3.63) is 58.7 Å².